The van der Waals surface area contributed by atoms with Crippen molar-refractivity contribution in [2.75, 3.05) is 24.3 Å². The van der Waals surface area contributed by atoms with Gasteiger partial charge in [-0.2, -0.15) is 0 Å². The summed E-state index contributed by atoms with van der Waals surface area (Å²) in [6.45, 7) is 6.74. The van der Waals surface area contributed by atoms with E-state index in [-0.39, 0.29) is 44.8 Å². The van der Waals surface area contributed by atoms with Crippen LogP contribution in [0.4, 0.5) is 16.0 Å². The Balaban J connectivity index is 1.81. The third-order valence-electron chi connectivity index (χ3n) is 6.83. The molecule has 0 bridgehead atoms. The first kappa shape index (κ1) is 25.4. The summed E-state index contributed by atoms with van der Waals surface area (Å²) in [5.41, 5.74) is 5.85. The molecule has 0 saturated carbocycles. The van der Waals surface area contributed by atoms with Gasteiger partial charge < -0.3 is 15.4 Å². The van der Waals surface area contributed by atoms with E-state index < -0.39 is 21.7 Å². The Bertz CT molecular complexity index is 1430. The monoisotopic (exact) mass is 513 g/mol. The number of nitrogen functional groups attached to an aromatic ring is 1. The molecule has 11 heteroatoms. The summed E-state index contributed by atoms with van der Waals surface area (Å²) < 4.78 is 47.8. The maximum absolute atomic E-state index is 14.7. The van der Waals surface area contributed by atoms with E-state index in [1.165, 1.54) is 55.8 Å². The van der Waals surface area contributed by atoms with E-state index in [9.17, 15) is 17.6 Å². The van der Waals surface area contributed by atoms with Crippen molar-refractivity contribution >= 4 is 27.6 Å². The van der Waals surface area contributed by atoms with Gasteiger partial charge in [-0.3, -0.25) is 4.79 Å². The molecule has 3 aromatic rings. The van der Waals surface area contributed by atoms with Crippen LogP contribution in [0.15, 0.2) is 53.6 Å². The van der Waals surface area contributed by atoms with Crippen molar-refractivity contribution in [1.82, 2.24) is 14.7 Å². The van der Waals surface area contributed by atoms with Crippen LogP contribution in [0.5, 0.6) is 5.75 Å². The number of hydrogen-bond acceptors (Lipinski definition) is 8. The van der Waals surface area contributed by atoms with E-state index in [2.05, 4.69) is 21.6 Å². The maximum Gasteiger partial charge on any atom is 0.268 e. The SMILES string of the molecule is COc1ccc(F)c(-c2ccc(C(=O)NS(=O)(=O)c3cccnc3N)c(N3CCC(C)C3(C)C)n2)c1. The first-order valence-corrected chi connectivity index (χ1v) is 12.8. The summed E-state index contributed by atoms with van der Waals surface area (Å²) in [5, 5.41) is 0. The predicted molar refractivity (Wildman–Crippen MR) is 135 cm³/mol. The number of hydrogen-bond donors (Lipinski definition) is 2. The van der Waals surface area contributed by atoms with Crippen LogP contribution in [0.2, 0.25) is 0 Å². The lowest BCUT2D eigenvalue weighted by molar-refractivity contribution is 0.0981. The fourth-order valence-electron chi connectivity index (χ4n) is 4.28. The highest BCUT2D eigenvalue weighted by atomic mass is 32.2. The van der Waals surface area contributed by atoms with E-state index in [1.807, 2.05) is 18.7 Å². The molecule has 1 atom stereocenters. The smallest absolute Gasteiger partial charge is 0.268 e. The molecule has 0 aliphatic carbocycles. The number of ether oxygens (including phenoxy) is 1. The molecule has 4 rings (SSSR count). The van der Waals surface area contributed by atoms with Crippen LogP contribution >= 0.6 is 0 Å². The van der Waals surface area contributed by atoms with E-state index in [1.54, 1.807) is 0 Å². The van der Waals surface area contributed by atoms with Gasteiger partial charge in [0.1, 0.15) is 28.1 Å². The van der Waals surface area contributed by atoms with Crippen molar-refractivity contribution in [3.05, 3.63) is 60.0 Å². The molecule has 2 aromatic heterocycles. The molecule has 1 saturated heterocycles. The molecular formula is C25H28FN5O4S. The number of nitrogens with one attached hydrogen (secondary N) is 1. The largest absolute Gasteiger partial charge is 0.497 e. The number of rotatable bonds is 6. The quantitative estimate of drug-likeness (QED) is 0.512. The number of methoxy groups -OCH3 is 1. The first-order chi connectivity index (χ1) is 17.0. The number of nitrogens with zero attached hydrogens (tertiary/aromatic N) is 3. The van der Waals surface area contributed by atoms with Crippen molar-refractivity contribution in [3.8, 4) is 17.0 Å². The molecule has 1 amide bonds. The van der Waals surface area contributed by atoms with Crippen LogP contribution in [0.25, 0.3) is 11.3 Å². The van der Waals surface area contributed by atoms with E-state index >= 15 is 0 Å². The number of pyridine rings is 2. The fraction of sp³-hybridized carbons (Fsp3) is 0.320. The third-order valence-corrected chi connectivity index (χ3v) is 8.21. The Morgan fingerprint density at radius 2 is 2.00 bits per heavy atom. The van der Waals surface area contributed by atoms with Gasteiger partial charge in [-0.15, -0.1) is 0 Å². The number of halogens is 1. The lowest BCUT2D eigenvalue weighted by Gasteiger charge is -2.36. The molecule has 1 aromatic carbocycles. The number of amides is 1. The van der Waals surface area contributed by atoms with Crippen LogP contribution in [-0.2, 0) is 10.0 Å². The molecule has 3 N–H and O–H groups in total. The Morgan fingerprint density at radius 3 is 2.64 bits per heavy atom. The molecule has 1 unspecified atom stereocenters. The average molecular weight is 514 g/mol. The molecule has 1 aliphatic rings. The number of aromatic nitrogens is 2. The highest BCUT2D eigenvalue weighted by molar-refractivity contribution is 7.90. The van der Waals surface area contributed by atoms with Crippen LogP contribution in [0, 0.1) is 11.7 Å². The molecule has 0 spiro atoms. The molecule has 190 valence electrons. The van der Waals surface area contributed by atoms with Crippen LogP contribution in [0.1, 0.15) is 37.6 Å². The van der Waals surface area contributed by atoms with Crippen molar-refractivity contribution in [3.63, 3.8) is 0 Å². The van der Waals surface area contributed by atoms with Crippen molar-refractivity contribution in [1.29, 1.82) is 0 Å². The lowest BCUT2D eigenvalue weighted by Crippen LogP contribution is -2.43. The highest BCUT2D eigenvalue weighted by Gasteiger charge is 2.41. The Morgan fingerprint density at radius 1 is 1.25 bits per heavy atom. The molecule has 9 nitrogen and oxygen atoms in total. The van der Waals surface area contributed by atoms with E-state index in [0.717, 1.165) is 6.42 Å². The number of carbonyl (C=O) groups excluding carboxylic acids is 1. The van der Waals surface area contributed by atoms with Crippen LogP contribution in [0.3, 0.4) is 0 Å². The maximum atomic E-state index is 14.7. The normalized spacial score (nSPS) is 17.1. The van der Waals surface area contributed by atoms with Crippen molar-refractivity contribution in [2.24, 2.45) is 5.92 Å². The molecule has 1 fully saturated rings. The standard InChI is InChI=1S/C25H28FN5O4S/c1-15-11-13-31(25(15,2)3)23-17(24(32)30-36(33,34)21-6-5-12-28-22(21)27)8-10-20(29-23)18-14-16(35-4)7-9-19(18)26/h5-10,12,14-15H,11,13H2,1-4H3,(H2,27,28)(H,30,32). The van der Waals surface area contributed by atoms with Gasteiger partial charge in [0.2, 0.25) is 0 Å². The van der Waals surface area contributed by atoms with E-state index in [0.29, 0.717) is 12.3 Å². The summed E-state index contributed by atoms with van der Waals surface area (Å²) in [6.07, 6.45) is 2.20. The molecular weight excluding hydrogens is 485 g/mol. The Hall–Kier alpha value is -3.73. The summed E-state index contributed by atoms with van der Waals surface area (Å²) in [7, 11) is -2.83. The van der Waals surface area contributed by atoms with Crippen LogP contribution in [-0.4, -0.2) is 43.5 Å². The topological polar surface area (TPSA) is 128 Å². The second kappa shape index (κ2) is 9.38. The zero-order valence-corrected chi connectivity index (χ0v) is 21.3. The van der Waals surface area contributed by atoms with Crippen molar-refractivity contribution in [2.45, 2.75) is 37.6 Å². The van der Waals surface area contributed by atoms with Gasteiger partial charge in [-0.25, -0.2) is 27.5 Å². The third kappa shape index (κ3) is 4.58. The second-order valence-corrected chi connectivity index (χ2v) is 10.9. The number of carbonyl (C=O) groups is 1. The fourth-order valence-corrected chi connectivity index (χ4v) is 5.33. The first-order valence-electron chi connectivity index (χ1n) is 11.4. The number of benzene rings is 1. The molecule has 1 aliphatic heterocycles. The minimum absolute atomic E-state index is 0.0373. The second-order valence-electron chi connectivity index (χ2n) is 9.23. The van der Waals surface area contributed by atoms with Crippen LogP contribution < -0.4 is 20.1 Å². The number of sulfonamides is 1. The summed E-state index contributed by atoms with van der Waals surface area (Å²) in [6, 6.07) is 9.91. The number of anilines is 2. The van der Waals surface area contributed by atoms with Gasteiger partial charge in [0.15, 0.2) is 0 Å². The Kier molecular flexibility index (Phi) is 6.61. The van der Waals surface area contributed by atoms with Gasteiger partial charge in [-0.1, -0.05) is 6.92 Å². The van der Waals surface area contributed by atoms with Gasteiger partial charge in [-0.05, 0) is 68.7 Å². The summed E-state index contributed by atoms with van der Waals surface area (Å²) in [5.74, 6) is -0.632. The van der Waals surface area contributed by atoms with Gasteiger partial charge in [0.25, 0.3) is 15.9 Å². The summed E-state index contributed by atoms with van der Waals surface area (Å²) in [4.78, 5) is 23.4. The zero-order chi connectivity index (χ0) is 26.3. The minimum Gasteiger partial charge on any atom is -0.497 e. The molecule has 36 heavy (non-hydrogen) atoms. The van der Waals surface area contributed by atoms with E-state index in [4.69, 9.17) is 10.5 Å². The predicted octanol–water partition coefficient (Wildman–Crippen LogP) is 3.62. The average Bonchev–Trinajstić information content (AvgIpc) is 3.10. The van der Waals surface area contributed by atoms with Gasteiger partial charge >= 0.3 is 0 Å². The molecule has 3 heterocycles. The minimum atomic E-state index is -4.31. The highest BCUT2D eigenvalue weighted by Crippen LogP contribution is 2.40. The molecule has 0 radical (unpaired) electrons. The van der Waals surface area contributed by atoms with Crippen molar-refractivity contribution < 1.29 is 22.3 Å². The lowest BCUT2D eigenvalue weighted by atomic mass is 9.90. The zero-order valence-electron chi connectivity index (χ0n) is 20.4. The van der Waals surface area contributed by atoms with Gasteiger partial charge in [0, 0.05) is 23.8 Å². The number of nitrogens with two attached hydrogens (primary N) is 1. The summed E-state index contributed by atoms with van der Waals surface area (Å²) >= 11 is 0. The Labute approximate surface area is 209 Å². The van der Waals surface area contributed by atoms with Gasteiger partial charge in [0.05, 0.1) is 18.4 Å².